The molecule has 0 atom stereocenters. The van der Waals surface area contributed by atoms with Gasteiger partial charge in [-0.2, -0.15) is 8.42 Å². The molecule has 1 aromatic carbocycles. The van der Waals surface area contributed by atoms with E-state index in [0.717, 1.165) is 0 Å². The van der Waals surface area contributed by atoms with Gasteiger partial charge >= 0.3 is 80.6 Å². The number of nitro groups is 3. The molecule has 16 nitrogen and oxygen atoms in total. The summed E-state index contributed by atoms with van der Waals surface area (Å²) in [6, 6.07) is 0.409. The van der Waals surface area contributed by atoms with Crippen LogP contribution >= 0.6 is 0 Å². The molecule has 134 valence electrons. The van der Waals surface area contributed by atoms with Crippen LogP contribution in [-0.4, -0.2) is 45.3 Å². The summed E-state index contributed by atoms with van der Waals surface area (Å²) < 4.78 is 64.7. The topological polar surface area (TPSA) is 264 Å². The second-order valence-electron chi connectivity index (χ2n) is 3.47. The van der Waals surface area contributed by atoms with Gasteiger partial charge in [0.2, 0.25) is 4.90 Å². The van der Waals surface area contributed by atoms with E-state index in [1.54, 1.807) is 0 Å². The Kier molecular flexibility index (Phi) is 12.8. The first-order chi connectivity index (χ1) is 10.6. The van der Waals surface area contributed by atoms with Crippen molar-refractivity contribution in [2.45, 2.75) is 4.90 Å². The van der Waals surface area contributed by atoms with E-state index < -0.39 is 57.2 Å². The van der Waals surface area contributed by atoms with E-state index in [2.05, 4.69) is 0 Å². The molecule has 0 amide bonds. The van der Waals surface area contributed by atoms with Crippen LogP contribution in [0, 0.1) is 30.3 Å². The van der Waals surface area contributed by atoms with Gasteiger partial charge < -0.3 is 9.11 Å². The molecule has 0 fully saturated rings. The normalized spacial score (nSPS) is 10.3. The third kappa shape index (κ3) is 10.4. The van der Waals surface area contributed by atoms with E-state index in [4.69, 9.17) is 22.1 Å². The van der Waals surface area contributed by atoms with Crippen LogP contribution in [0.25, 0.3) is 0 Å². The molecule has 0 spiro atoms. The molecule has 0 radical (unpaired) electrons. The van der Waals surface area contributed by atoms with Crippen molar-refractivity contribution in [3.63, 3.8) is 0 Å². The molecule has 0 saturated heterocycles. The zero-order valence-electron chi connectivity index (χ0n) is 12.7. The number of nitro benzene ring substituents is 3. The number of nitrogens with zero attached hydrogens (tertiary/aromatic N) is 3. The summed E-state index contributed by atoms with van der Waals surface area (Å²) in [7, 11) is -10.5. The largest absolute Gasteiger partial charge is 1.00 e. The third-order valence-electron chi connectivity index (χ3n) is 1.90. The van der Waals surface area contributed by atoms with Crippen LogP contribution in [0.3, 0.4) is 0 Å². The van der Waals surface area contributed by atoms with E-state index >= 15 is 0 Å². The Balaban J connectivity index is -0.000000668. The van der Waals surface area contributed by atoms with Gasteiger partial charge in [-0.15, -0.1) is 0 Å². The van der Waals surface area contributed by atoms with E-state index in [0.29, 0.717) is 0 Å². The van der Waals surface area contributed by atoms with Crippen molar-refractivity contribution in [2.24, 2.45) is 0 Å². The summed E-state index contributed by atoms with van der Waals surface area (Å²) in [4.78, 5) is 26.1. The minimum Gasteiger partial charge on any atom is -0.759 e. The smallest absolute Gasteiger partial charge is 0.759 e. The zero-order chi connectivity index (χ0) is 19.5. The summed E-state index contributed by atoms with van der Waals surface area (Å²) in [5, 5.41) is 31.7. The van der Waals surface area contributed by atoms with Crippen LogP contribution in [0.5, 0.6) is 0 Å². The van der Waals surface area contributed by atoms with Gasteiger partial charge in [0, 0.05) is 10.4 Å². The van der Waals surface area contributed by atoms with E-state index in [1.165, 1.54) is 0 Å². The Morgan fingerprint density at radius 2 is 1.04 bits per heavy atom. The van der Waals surface area contributed by atoms with Gasteiger partial charge in [-0.25, -0.2) is 0 Å². The summed E-state index contributed by atoms with van der Waals surface area (Å²) in [6.45, 7) is 0. The van der Waals surface area contributed by atoms with Gasteiger partial charge in [0.15, 0.2) is 0 Å². The fourth-order valence-electron chi connectivity index (χ4n) is 1.23. The number of hydrogen-bond acceptors (Lipinski definition) is 12. The fourth-order valence-corrected chi connectivity index (χ4v) is 2.02. The van der Waals surface area contributed by atoms with Crippen LogP contribution in [0.15, 0.2) is 17.0 Å². The van der Waals surface area contributed by atoms with Crippen molar-refractivity contribution in [1.29, 1.82) is 0 Å². The summed E-state index contributed by atoms with van der Waals surface area (Å²) >= 11 is 0. The minimum absolute atomic E-state index is 0. The molecule has 1 N–H and O–H groups in total. The Bertz CT molecular complexity index is 869. The monoisotopic (exact) mass is 435 g/mol. The first-order valence-electron chi connectivity index (χ1n) is 4.81. The molecule has 1 aromatic rings. The first kappa shape index (κ1) is 29.9. The molecule has 26 heavy (non-hydrogen) atoms. The van der Waals surface area contributed by atoms with Crippen molar-refractivity contribution in [3.05, 3.63) is 42.5 Å². The molecule has 0 aromatic heterocycles. The van der Waals surface area contributed by atoms with E-state index in [1.807, 2.05) is 0 Å². The molecule has 0 saturated carbocycles. The number of non-ortho nitro benzene ring substituents is 1. The van der Waals surface area contributed by atoms with Gasteiger partial charge in [-0.3, -0.25) is 43.3 Å². The fraction of sp³-hybridized carbons (Fsp3) is 0. The number of hydrogen-bond donors (Lipinski definition) is 1. The van der Waals surface area contributed by atoms with Gasteiger partial charge in [-0.05, 0) is 0 Å². The predicted molar refractivity (Wildman–Crippen MR) is 66.7 cm³/mol. The second-order valence-corrected chi connectivity index (χ2v) is 5.64. The number of rotatable bonds is 4. The van der Waals surface area contributed by atoms with Gasteiger partial charge in [0.25, 0.3) is 5.69 Å². The molecule has 0 aliphatic heterocycles. The maximum atomic E-state index is 10.9. The Hall–Kier alpha value is -0.800. The first-order valence-corrected chi connectivity index (χ1v) is 7.58. The summed E-state index contributed by atoms with van der Waals surface area (Å²) in [5.41, 5.74) is -3.96. The average molecular weight is 435 g/mol. The van der Waals surface area contributed by atoms with Gasteiger partial charge in [-0.1, -0.05) is 0 Å². The molecule has 0 bridgehead atoms. The molecule has 1 rings (SSSR count). The standard InChI is InChI=1S/C6H3N3O9S.2Na.H2O4S/c10-7(11)3-1-4(8(12)13)6(19(16,17)18)5(2-3)9(14)15;;;1-5(2,3)4/h1-2H,(H,16,17,18);;;(H2,1,2,3,4)/q;2*+1;/p-2. The Morgan fingerprint density at radius 1 is 0.769 bits per heavy atom. The Labute approximate surface area is 187 Å². The minimum atomic E-state index is -5.30. The second kappa shape index (κ2) is 11.1. The van der Waals surface area contributed by atoms with Gasteiger partial charge in [0.05, 0.1) is 26.9 Å². The SMILES string of the molecule is O=S(=O)([O-])[O-].O=[N+]([O-])c1cc([N+](=O)[O-])c(S(=O)(=O)O)c([N+](=O)[O-])c1.[Na+].[Na+]. The van der Waals surface area contributed by atoms with Crippen molar-refractivity contribution in [1.82, 2.24) is 0 Å². The van der Waals surface area contributed by atoms with Crippen molar-refractivity contribution in [2.75, 3.05) is 0 Å². The zero-order valence-corrected chi connectivity index (χ0v) is 18.3. The maximum absolute atomic E-state index is 10.9. The van der Waals surface area contributed by atoms with E-state index in [-0.39, 0.29) is 71.2 Å². The van der Waals surface area contributed by atoms with E-state index in [9.17, 15) is 38.8 Å². The summed E-state index contributed by atoms with van der Waals surface area (Å²) in [5.74, 6) is 0. The molecular formula is C6H3N3Na2O13S2. The summed E-state index contributed by atoms with van der Waals surface area (Å²) in [6.07, 6.45) is 0. The van der Waals surface area contributed by atoms with Crippen LogP contribution < -0.4 is 59.1 Å². The maximum Gasteiger partial charge on any atom is 1.00 e. The molecule has 0 aliphatic carbocycles. The van der Waals surface area contributed by atoms with Crippen molar-refractivity contribution < 1.29 is 104 Å². The molecule has 20 heteroatoms. The molecular weight excluding hydrogens is 432 g/mol. The molecule has 0 aliphatic rings. The van der Waals surface area contributed by atoms with Gasteiger partial charge in [0.1, 0.15) is 0 Å². The van der Waals surface area contributed by atoms with Crippen LogP contribution in [0.1, 0.15) is 0 Å². The average Bonchev–Trinajstić information content (AvgIpc) is 2.33. The van der Waals surface area contributed by atoms with Crippen molar-refractivity contribution in [3.8, 4) is 0 Å². The van der Waals surface area contributed by atoms with Crippen LogP contribution in [0.4, 0.5) is 17.1 Å². The molecule has 0 unspecified atom stereocenters. The predicted octanol–water partition coefficient (Wildman–Crippen LogP) is -6.67. The number of benzene rings is 1. The van der Waals surface area contributed by atoms with Crippen molar-refractivity contribution >= 4 is 37.6 Å². The third-order valence-corrected chi connectivity index (χ3v) is 2.83. The van der Waals surface area contributed by atoms with Crippen LogP contribution in [0.2, 0.25) is 0 Å². The quantitative estimate of drug-likeness (QED) is 0.152. The molecule has 0 heterocycles. The Morgan fingerprint density at radius 3 is 1.19 bits per heavy atom. The van der Waals surface area contributed by atoms with Crippen LogP contribution in [-0.2, 0) is 20.5 Å².